The van der Waals surface area contributed by atoms with Gasteiger partial charge in [0, 0.05) is 6.54 Å². The second-order valence-electron chi connectivity index (χ2n) is 3.19. The van der Waals surface area contributed by atoms with Crippen LogP contribution in [-0.2, 0) is 11.2 Å². The third-order valence-corrected chi connectivity index (χ3v) is 2.70. The summed E-state index contributed by atoms with van der Waals surface area (Å²) >= 11 is 1.64. The molecule has 0 atom stereocenters. The van der Waals surface area contributed by atoms with E-state index in [-0.39, 0.29) is 6.54 Å². The molecular formula is C11H13NO2S. The van der Waals surface area contributed by atoms with E-state index in [4.69, 9.17) is 11.5 Å². The third kappa shape index (κ3) is 4.63. The van der Waals surface area contributed by atoms with Crippen molar-refractivity contribution in [2.24, 2.45) is 0 Å². The minimum atomic E-state index is -0.837. The van der Waals surface area contributed by atoms with Gasteiger partial charge >= 0.3 is 5.97 Å². The summed E-state index contributed by atoms with van der Waals surface area (Å²) < 4.78 is 0. The molecule has 0 aromatic carbocycles. The molecule has 1 aromatic heterocycles. The quantitative estimate of drug-likeness (QED) is 0.739. The molecule has 0 unspecified atom stereocenters. The van der Waals surface area contributed by atoms with Gasteiger partial charge in [0.1, 0.15) is 0 Å². The SMILES string of the molecule is C#CCN(CCc1ccsc1)CC(=O)O. The molecule has 0 aliphatic carbocycles. The average Bonchev–Trinajstić information content (AvgIpc) is 2.66. The Balaban J connectivity index is 2.38. The summed E-state index contributed by atoms with van der Waals surface area (Å²) in [5.41, 5.74) is 1.23. The first-order valence-corrected chi connectivity index (χ1v) is 5.55. The highest BCUT2D eigenvalue weighted by molar-refractivity contribution is 7.07. The fraction of sp³-hybridized carbons (Fsp3) is 0.364. The van der Waals surface area contributed by atoms with Crippen molar-refractivity contribution in [3.8, 4) is 12.3 Å². The van der Waals surface area contributed by atoms with Gasteiger partial charge in [-0.15, -0.1) is 6.42 Å². The van der Waals surface area contributed by atoms with Crippen LogP contribution in [0, 0.1) is 12.3 Å². The predicted molar refractivity (Wildman–Crippen MR) is 60.9 cm³/mol. The Labute approximate surface area is 93.3 Å². The number of carbonyl (C=O) groups is 1. The normalized spacial score (nSPS) is 10.1. The minimum absolute atomic E-state index is 0.00827. The van der Waals surface area contributed by atoms with Crippen LogP contribution >= 0.6 is 11.3 Å². The molecule has 0 aliphatic rings. The zero-order chi connectivity index (χ0) is 11.1. The molecule has 0 aliphatic heterocycles. The van der Waals surface area contributed by atoms with Crippen LogP contribution in [0.3, 0.4) is 0 Å². The molecule has 1 N–H and O–H groups in total. The van der Waals surface area contributed by atoms with Crippen LogP contribution < -0.4 is 0 Å². The van der Waals surface area contributed by atoms with Crippen LogP contribution in [0.15, 0.2) is 16.8 Å². The van der Waals surface area contributed by atoms with E-state index in [1.165, 1.54) is 5.56 Å². The molecule has 0 saturated heterocycles. The van der Waals surface area contributed by atoms with Gasteiger partial charge in [-0.25, -0.2) is 0 Å². The Morgan fingerprint density at radius 3 is 3.00 bits per heavy atom. The molecular weight excluding hydrogens is 210 g/mol. The smallest absolute Gasteiger partial charge is 0.317 e. The summed E-state index contributed by atoms with van der Waals surface area (Å²) in [4.78, 5) is 12.3. The van der Waals surface area contributed by atoms with Crippen LogP contribution in [0.5, 0.6) is 0 Å². The molecule has 0 spiro atoms. The Kier molecular flexibility index (Phi) is 4.88. The molecule has 15 heavy (non-hydrogen) atoms. The van der Waals surface area contributed by atoms with Crippen molar-refractivity contribution >= 4 is 17.3 Å². The number of carboxylic acid groups (broad SMARTS) is 1. The standard InChI is InChI=1S/C11H13NO2S/c1-2-5-12(8-11(13)14)6-3-10-4-7-15-9-10/h1,4,7,9H,3,5-6,8H2,(H,13,14). The number of thiophene rings is 1. The van der Waals surface area contributed by atoms with E-state index >= 15 is 0 Å². The molecule has 80 valence electrons. The molecule has 1 heterocycles. The van der Waals surface area contributed by atoms with E-state index in [9.17, 15) is 4.79 Å². The summed E-state index contributed by atoms with van der Waals surface area (Å²) in [6, 6.07) is 2.04. The molecule has 4 heteroatoms. The Morgan fingerprint density at radius 1 is 1.67 bits per heavy atom. The van der Waals surface area contributed by atoms with Crippen LogP contribution in [-0.4, -0.2) is 35.6 Å². The van der Waals surface area contributed by atoms with E-state index in [0.717, 1.165) is 6.42 Å². The van der Waals surface area contributed by atoms with E-state index < -0.39 is 5.97 Å². The highest BCUT2D eigenvalue weighted by Crippen LogP contribution is 2.07. The first-order chi connectivity index (χ1) is 7.22. The molecule has 1 rings (SSSR count). The molecule has 0 fully saturated rings. The lowest BCUT2D eigenvalue weighted by Crippen LogP contribution is -2.31. The zero-order valence-electron chi connectivity index (χ0n) is 8.35. The van der Waals surface area contributed by atoms with E-state index in [1.807, 2.05) is 11.4 Å². The number of rotatable bonds is 6. The maximum Gasteiger partial charge on any atom is 0.317 e. The third-order valence-electron chi connectivity index (χ3n) is 1.97. The molecule has 1 aromatic rings. The predicted octanol–water partition coefficient (Wildman–Crippen LogP) is 1.31. The van der Waals surface area contributed by atoms with Gasteiger partial charge in [-0.3, -0.25) is 9.69 Å². The lowest BCUT2D eigenvalue weighted by molar-refractivity contribution is -0.138. The van der Waals surface area contributed by atoms with E-state index in [2.05, 4.69) is 11.3 Å². The summed E-state index contributed by atoms with van der Waals surface area (Å²) in [7, 11) is 0. The van der Waals surface area contributed by atoms with Gasteiger partial charge in [0.15, 0.2) is 0 Å². The Hall–Kier alpha value is -1.31. The molecule has 0 saturated carbocycles. The van der Waals surface area contributed by atoms with Gasteiger partial charge in [-0.05, 0) is 28.8 Å². The lowest BCUT2D eigenvalue weighted by atomic mass is 10.2. The van der Waals surface area contributed by atoms with Crippen molar-refractivity contribution < 1.29 is 9.90 Å². The van der Waals surface area contributed by atoms with Gasteiger partial charge in [-0.1, -0.05) is 5.92 Å². The second kappa shape index (κ2) is 6.23. The highest BCUT2D eigenvalue weighted by Gasteiger charge is 2.08. The first kappa shape index (κ1) is 11.8. The second-order valence-corrected chi connectivity index (χ2v) is 3.97. The fourth-order valence-corrected chi connectivity index (χ4v) is 1.96. The van der Waals surface area contributed by atoms with Gasteiger partial charge in [0.05, 0.1) is 13.1 Å². The largest absolute Gasteiger partial charge is 0.480 e. The maximum atomic E-state index is 10.5. The molecule has 3 nitrogen and oxygen atoms in total. The maximum absolute atomic E-state index is 10.5. The van der Waals surface area contributed by atoms with E-state index in [1.54, 1.807) is 16.2 Å². The summed E-state index contributed by atoms with van der Waals surface area (Å²) in [5.74, 6) is 1.63. The monoisotopic (exact) mass is 223 g/mol. The molecule has 0 bridgehead atoms. The topological polar surface area (TPSA) is 40.5 Å². The number of terminal acetylenes is 1. The Morgan fingerprint density at radius 2 is 2.47 bits per heavy atom. The van der Waals surface area contributed by atoms with Crippen LogP contribution in [0.25, 0.3) is 0 Å². The molecule has 0 amide bonds. The number of aliphatic carboxylic acids is 1. The zero-order valence-corrected chi connectivity index (χ0v) is 9.17. The van der Waals surface area contributed by atoms with E-state index in [0.29, 0.717) is 13.1 Å². The van der Waals surface area contributed by atoms with Crippen LogP contribution in [0.1, 0.15) is 5.56 Å². The van der Waals surface area contributed by atoms with Crippen LogP contribution in [0.2, 0.25) is 0 Å². The van der Waals surface area contributed by atoms with Crippen molar-refractivity contribution in [3.05, 3.63) is 22.4 Å². The number of hydrogen-bond donors (Lipinski definition) is 1. The Bertz CT molecular complexity index is 340. The highest BCUT2D eigenvalue weighted by atomic mass is 32.1. The summed E-state index contributed by atoms with van der Waals surface area (Å²) in [6.45, 7) is 1.08. The number of carboxylic acids is 1. The average molecular weight is 223 g/mol. The first-order valence-electron chi connectivity index (χ1n) is 4.61. The van der Waals surface area contributed by atoms with Gasteiger partial charge in [-0.2, -0.15) is 11.3 Å². The fourth-order valence-electron chi connectivity index (χ4n) is 1.26. The molecule has 0 radical (unpaired) electrons. The van der Waals surface area contributed by atoms with Gasteiger partial charge < -0.3 is 5.11 Å². The van der Waals surface area contributed by atoms with Gasteiger partial charge in [0.25, 0.3) is 0 Å². The van der Waals surface area contributed by atoms with Crippen LogP contribution in [0.4, 0.5) is 0 Å². The lowest BCUT2D eigenvalue weighted by Gasteiger charge is -2.16. The van der Waals surface area contributed by atoms with Crippen molar-refractivity contribution in [2.45, 2.75) is 6.42 Å². The van der Waals surface area contributed by atoms with Gasteiger partial charge in [0.2, 0.25) is 0 Å². The van der Waals surface area contributed by atoms with Crippen molar-refractivity contribution in [2.75, 3.05) is 19.6 Å². The summed E-state index contributed by atoms with van der Waals surface area (Å²) in [5, 5.41) is 12.7. The number of hydrogen-bond acceptors (Lipinski definition) is 3. The number of nitrogens with zero attached hydrogens (tertiary/aromatic N) is 1. The summed E-state index contributed by atoms with van der Waals surface area (Å²) in [6.07, 6.45) is 6.02. The van der Waals surface area contributed by atoms with Crippen molar-refractivity contribution in [1.29, 1.82) is 0 Å². The minimum Gasteiger partial charge on any atom is -0.480 e. The van der Waals surface area contributed by atoms with Crippen molar-refractivity contribution in [3.63, 3.8) is 0 Å². The van der Waals surface area contributed by atoms with Crippen molar-refractivity contribution in [1.82, 2.24) is 4.90 Å².